The van der Waals surface area contributed by atoms with Gasteiger partial charge in [0.15, 0.2) is 0 Å². The van der Waals surface area contributed by atoms with Crippen molar-refractivity contribution < 1.29 is 23.4 Å². The van der Waals surface area contributed by atoms with Crippen LogP contribution < -0.4 is 0 Å². The number of ether oxygens (including phenoxy) is 4. The summed E-state index contributed by atoms with van der Waals surface area (Å²) in [6.07, 6.45) is 3.53. The van der Waals surface area contributed by atoms with Crippen LogP contribution in [0.3, 0.4) is 0 Å². The Bertz CT molecular complexity index is 165. The monoisotopic (exact) mass is 320 g/mol. The Hall–Kier alpha value is 0.0169. The van der Waals surface area contributed by atoms with Crippen LogP contribution in [0.5, 0.6) is 0 Å². The van der Waals surface area contributed by atoms with Gasteiger partial charge in [-0.3, -0.25) is 0 Å². The van der Waals surface area contributed by atoms with E-state index in [-0.39, 0.29) is 0 Å². The molecule has 0 spiro atoms. The molecule has 0 rings (SSSR count). The maximum absolute atomic E-state index is 5.47. The topological polar surface area (TPSA) is 46.2 Å². The molecule has 0 aromatic rings. The summed E-state index contributed by atoms with van der Waals surface area (Å²) >= 11 is 0. The molecule has 0 aromatic heterocycles. The van der Waals surface area contributed by atoms with Crippen molar-refractivity contribution in [2.75, 3.05) is 59.5 Å². The highest BCUT2D eigenvalue weighted by atomic mass is 28.2. The van der Waals surface area contributed by atoms with Gasteiger partial charge in [0.05, 0.1) is 52.9 Å². The summed E-state index contributed by atoms with van der Waals surface area (Å²) in [5.74, 6) is 0. The average molecular weight is 321 g/mol. The molecule has 0 saturated carbocycles. The molecule has 0 aliphatic carbocycles. The van der Waals surface area contributed by atoms with Crippen LogP contribution >= 0.6 is 0 Å². The molecule has 6 heteroatoms. The summed E-state index contributed by atoms with van der Waals surface area (Å²) in [7, 11) is 0.612. The Morgan fingerprint density at radius 1 is 0.571 bits per heavy atom. The number of unbranched alkanes of at least 4 members (excludes halogenated alkanes) is 1. The second kappa shape index (κ2) is 20.0. The largest absolute Gasteiger partial charge is 0.415 e. The minimum atomic E-state index is 0.603. The first-order chi connectivity index (χ1) is 10.4. The molecule has 0 aliphatic rings. The van der Waals surface area contributed by atoms with Gasteiger partial charge in [-0.05, 0) is 12.5 Å². The van der Waals surface area contributed by atoms with E-state index in [0.29, 0.717) is 62.6 Å². The second-order valence-electron chi connectivity index (χ2n) is 4.55. The van der Waals surface area contributed by atoms with E-state index < -0.39 is 0 Å². The molecule has 0 aliphatic heterocycles. The molecule has 2 radical (unpaired) electrons. The lowest BCUT2D eigenvalue weighted by atomic mass is 10.4. The predicted octanol–water partition coefficient (Wildman–Crippen LogP) is 2.32. The molecule has 0 saturated heterocycles. The van der Waals surface area contributed by atoms with Gasteiger partial charge in [-0.25, -0.2) is 0 Å². The van der Waals surface area contributed by atoms with Crippen LogP contribution in [-0.4, -0.2) is 69.2 Å². The third-order valence-corrected chi connectivity index (χ3v) is 3.49. The van der Waals surface area contributed by atoms with E-state index >= 15 is 0 Å². The quantitative estimate of drug-likeness (QED) is 0.286. The number of hydrogen-bond donors (Lipinski definition) is 0. The summed E-state index contributed by atoms with van der Waals surface area (Å²) in [6, 6.07) is 1.17. The van der Waals surface area contributed by atoms with E-state index in [1.54, 1.807) is 0 Å². The lowest BCUT2D eigenvalue weighted by molar-refractivity contribution is -0.00443. The van der Waals surface area contributed by atoms with Gasteiger partial charge in [0.1, 0.15) is 0 Å². The van der Waals surface area contributed by atoms with Crippen molar-refractivity contribution in [3.63, 3.8) is 0 Å². The Morgan fingerprint density at radius 2 is 1.05 bits per heavy atom. The van der Waals surface area contributed by atoms with E-state index in [1.165, 1.54) is 18.9 Å². The van der Waals surface area contributed by atoms with Gasteiger partial charge in [0.2, 0.25) is 9.76 Å². The smallest absolute Gasteiger partial charge is 0.229 e. The van der Waals surface area contributed by atoms with Crippen molar-refractivity contribution in [3.8, 4) is 0 Å². The lowest BCUT2D eigenvalue weighted by Crippen LogP contribution is -2.13. The van der Waals surface area contributed by atoms with Crippen LogP contribution in [0.25, 0.3) is 0 Å². The Labute approximate surface area is 132 Å². The minimum Gasteiger partial charge on any atom is -0.415 e. The van der Waals surface area contributed by atoms with Crippen molar-refractivity contribution in [1.82, 2.24) is 0 Å². The highest BCUT2D eigenvalue weighted by Gasteiger charge is 1.94. The maximum Gasteiger partial charge on any atom is 0.229 e. The average Bonchev–Trinajstić information content (AvgIpc) is 2.50. The van der Waals surface area contributed by atoms with Crippen LogP contribution in [-0.2, 0) is 23.4 Å². The van der Waals surface area contributed by atoms with Crippen LogP contribution in [0.4, 0.5) is 0 Å². The normalized spacial score (nSPS) is 11.1. The molecule has 5 nitrogen and oxygen atoms in total. The highest BCUT2D eigenvalue weighted by molar-refractivity contribution is 6.26. The van der Waals surface area contributed by atoms with Gasteiger partial charge in [0, 0.05) is 6.61 Å². The van der Waals surface area contributed by atoms with Gasteiger partial charge in [0.25, 0.3) is 0 Å². The van der Waals surface area contributed by atoms with E-state index in [9.17, 15) is 0 Å². The first-order valence-electron chi connectivity index (χ1n) is 8.07. The van der Waals surface area contributed by atoms with E-state index in [1.807, 2.05) is 0 Å². The molecule has 0 atom stereocenters. The highest BCUT2D eigenvalue weighted by Crippen LogP contribution is 1.93. The van der Waals surface area contributed by atoms with Gasteiger partial charge in [-0.15, -0.1) is 0 Å². The lowest BCUT2D eigenvalue weighted by Gasteiger charge is -2.07. The first-order valence-corrected chi connectivity index (χ1v) is 9.19. The fraction of sp³-hybridized carbons (Fsp3) is 1.00. The van der Waals surface area contributed by atoms with Crippen molar-refractivity contribution in [1.29, 1.82) is 0 Å². The minimum absolute atomic E-state index is 0.603. The Balaban J connectivity index is 2.90. The molecule has 0 fully saturated rings. The predicted molar refractivity (Wildman–Crippen MR) is 85.0 cm³/mol. The van der Waals surface area contributed by atoms with E-state index in [4.69, 9.17) is 23.4 Å². The zero-order chi connectivity index (χ0) is 15.4. The van der Waals surface area contributed by atoms with Crippen molar-refractivity contribution in [3.05, 3.63) is 0 Å². The molecular weight excluding hydrogens is 288 g/mol. The zero-order valence-corrected chi connectivity index (χ0v) is 14.7. The molecule has 0 heterocycles. The summed E-state index contributed by atoms with van der Waals surface area (Å²) in [5, 5.41) is 0. The summed E-state index contributed by atoms with van der Waals surface area (Å²) in [4.78, 5) is 0. The second-order valence-corrected chi connectivity index (χ2v) is 5.62. The summed E-state index contributed by atoms with van der Waals surface area (Å²) in [6.45, 7) is 10.1. The maximum atomic E-state index is 5.47. The molecular formula is C15H32O5Si. The van der Waals surface area contributed by atoms with Gasteiger partial charge in [-0.1, -0.05) is 26.7 Å². The summed E-state index contributed by atoms with van der Waals surface area (Å²) < 4.78 is 26.9. The van der Waals surface area contributed by atoms with Gasteiger partial charge < -0.3 is 23.4 Å². The molecule has 0 bridgehead atoms. The van der Waals surface area contributed by atoms with Crippen molar-refractivity contribution in [2.45, 2.75) is 39.2 Å². The molecule has 0 N–H and O–H groups in total. The van der Waals surface area contributed by atoms with Crippen molar-refractivity contribution in [2.24, 2.45) is 0 Å². The van der Waals surface area contributed by atoms with Crippen LogP contribution in [0, 0.1) is 0 Å². The standard InChI is InChI=1S/C15H32O5Si/c1-3-5-15-21-20-14-13-19-12-11-18-10-9-17-8-7-16-6-4-2/h3-15H2,1-2H3. The fourth-order valence-corrected chi connectivity index (χ4v) is 2.27. The molecule has 126 valence electrons. The Kier molecular flexibility index (Phi) is 20.0. The third-order valence-electron chi connectivity index (χ3n) is 2.53. The number of rotatable bonds is 18. The van der Waals surface area contributed by atoms with E-state index in [0.717, 1.165) is 13.0 Å². The molecule has 21 heavy (non-hydrogen) atoms. The zero-order valence-electron chi connectivity index (χ0n) is 13.7. The third kappa shape index (κ3) is 20.0. The summed E-state index contributed by atoms with van der Waals surface area (Å²) in [5.41, 5.74) is 0. The molecule has 0 aromatic carbocycles. The molecule has 0 unspecified atom stereocenters. The van der Waals surface area contributed by atoms with Crippen molar-refractivity contribution >= 4 is 9.76 Å². The van der Waals surface area contributed by atoms with E-state index in [2.05, 4.69) is 13.8 Å². The fourth-order valence-electron chi connectivity index (χ4n) is 1.40. The molecule has 0 amide bonds. The van der Waals surface area contributed by atoms with Gasteiger partial charge in [-0.2, -0.15) is 0 Å². The first kappa shape index (κ1) is 21.0. The van der Waals surface area contributed by atoms with Crippen LogP contribution in [0.15, 0.2) is 0 Å². The van der Waals surface area contributed by atoms with Crippen LogP contribution in [0.1, 0.15) is 33.1 Å². The number of hydrogen-bond acceptors (Lipinski definition) is 5. The van der Waals surface area contributed by atoms with Crippen LogP contribution in [0.2, 0.25) is 6.04 Å². The SMILES string of the molecule is CCCC[Si]OCCOCCOCCOCCOCCC. The van der Waals surface area contributed by atoms with Gasteiger partial charge >= 0.3 is 0 Å². The Morgan fingerprint density at radius 3 is 1.52 bits per heavy atom.